The minimum Gasteiger partial charge on any atom is -0.339 e. The number of amides is 1. The molecular formula is C20H21N3O. The smallest absolute Gasteiger partial charge is 0.255 e. The van der Waals surface area contributed by atoms with Crippen molar-refractivity contribution >= 4 is 11.6 Å². The molecule has 1 saturated heterocycles. The Bertz CT molecular complexity index is 877. The van der Waals surface area contributed by atoms with Gasteiger partial charge >= 0.3 is 0 Å². The zero-order chi connectivity index (χ0) is 16.5. The number of piperidine rings is 1. The van der Waals surface area contributed by atoms with E-state index in [1.165, 1.54) is 6.42 Å². The molecule has 4 heteroatoms. The fourth-order valence-electron chi connectivity index (χ4n) is 3.51. The van der Waals surface area contributed by atoms with Crippen molar-refractivity contribution in [2.75, 3.05) is 13.1 Å². The van der Waals surface area contributed by atoms with Crippen molar-refractivity contribution in [3.8, 4) is 11.3 Å². The van der Waals surface area contributed by atoms with Crippen molar-refractivity contribution in [3.05, 3.63) is 59.9 Å². The summed E-state index contributed by atoms with van der Waals surface area (Å²) < 4.78 is 2.04. The van der Waals surface area contributed by atoms with Crippen LogP contribution in [0.25, 0.3) is 16.9 Å². The number of aromatic nitrogens is 2. The molecule has 0 bridgehead atoms. The van der Waals surface area contributed by atoms with Crippen LogP contribution in [0.4, 0.5) is 0 Å². The number of carbonyl (C=O) groups is 1. The topological polar surface area (TPSA) is 37.6 Å². The van der Waals surface area contributed by atoms with E-state index in [9.17, 15) is 4.79 Å². The van der Waals surface area contributed by atoms with E-state index < -0.39 is 0 Å². The summed E-state index contributed by atoms with van der Waals surface area (Å²) in [5.41, 5.74) is 4.76. The Labute approximate surface area is 141 Å². The number of hydrogen-bond acceptors (Lipinski definition) is 2. The molecule has 3 aromatic rings. The highest BCUT2D eigenvalue weighted by Gasteiger charge is 2.19. The molecular weight excluding hydrogens is 298 g/mol. The van der Waals surface area contributed by atoms with Crippen molar-refractivity contribution in [1.29, 1.82) is 0 Å². The molecule has 1 aliphatic rings. The fraction of sp³-hybridized carbons (Fsp3) is 0.300. The third-order valence-electron chi connectivity index (χ3n) is 4.73. The lowest BCUT2D eigenvalue weighted by Crippen LogP contribution is -2.35. The van der Waals surface area contributed by atoms with Crippen molar-refractivity contribution in [3.63, 3.8) is 0 Å². The predicted molar refractivity (Wildman–Crippen MR) is 95.1 cm³/mol. The van der Waals surface area contributed by atoms with Gasteiger partial charge in [0.15, 0.2) is 0 Å². The Morgan fingerprint density at radius 3 is 2.50 bits per heavy atom. The van der Waals surface area contributed by atoms with Gasteiger partial charge in [-0.05, 0) is 38.3 Å². The molecule has 0 radical (unpaired) electrons. The van der Waals surface area contributed by atoms with E-state index in [1.807, 2.05) is 52.8 Å². The average Bonchev–Trinajstić information content (AvgIpc) is 2.97. The fourth-order valence-corrected chi connectivity index (χ4v) is 3.51. The first-order valence-corrected chi connectivity index (χ1v) is 8.57. The molecule has 0 atom stereocenters. The molecule has 0 N–H and O–H groups in total. The number of hydrogen-bond donors (Lipinski definition) is 0. The molecule has 0 spiro atoms. The second-order valence-corrected chi connectivity index (χ2v) is 6.41. The third kappa shape index (κ3) is 2.58. The minimum atomic E-state index is 0.127. The Morgan fingerprint density at radius 1 is 1.00 bits per heavy atom. The number of carbonyl (C=O) groups excluding carboxylic acids is 1. The number of rotatable bonds is 2. The Balaban J connectivity index is 1.78. The Morgan fingerprint density at radius 2 is 1.75 bits per heavy atom. The van der Waals surface area contributed by atoms with E-state index >= 15 is 0 Å². The van der Waals surface area contributed by atoms with Gasteiger partial charge in [0.05, 0.1) is 17.0 Å². The van der Waals surface area contributed by atoms with E-state index in [-0.39, 0.29) is 5.91 Å². The van der Waals surface area contributed by atoms with Crippen molar-refractivity contribution in [2.24, 2.45) is 0 Å². The van der Waals surface area contributed by atoms with E-state index in [0.717, 1.165) is 54.1 Å². The van der Waals surface area contributed by atoms with Crippen LogP contribution in [-0.2, 0) is 0 Å². The maximum Gasteiger partial charge on any atom is 0.255 e. The maximum absolute atomic E-state index is 12.8. The summed E-state index contributed by atoms with van der Waals surface area (Å²) in [4.78, 5) is 19.4. The van der Waals surface area contributed by atoms with Crippen LogP contribution in [0.3, 0.4) is 0 Å². The molecule has 0 unspecified atom stereocenters. The van der Waals surface area contributed by atoms with Crippen LogP contribution in [-0.4, -0.2) is 33.3 Å². The van der Waals surface area contributed by atoms with E-state index in [1.54, 1.807) is 0 Å². The first kappa shape index (κ1) is 14.9. The number of aryl methyl sites for hydroxylation is 1. The van der Waals surface area contributed by atoms with Crippen LogP contribution in [0.1, 0.15) is 35.3 Å². The van der Waals surface area contributed by atoms with Crippen molar-refractivity contribution in [1.82, 2.24) is 14.3 Å². The molecule has 3 heterocycles. The van der Waals surface area contributed by atoms with Crippen LogP contribution in [0.15, 0.2) is 48.7 Å². The van der Waals surface area contributed by atoms with Gasteiger partial charge in [0.1, 0.15) is 5.65 Å². The molecule has 1 amide bonds. The van der Waals surface area contributed by atoms with Gasteiger partial charge in [-0.3, -0.25) is 9.20 Å². The van der Waals surface area contributed by atoms with Crippen LogP contribution >= 0.6 is 0 Å². The lowest BCUT2D eigenvalue weighted by molar-refractivity contribution is 0.0724. The van der Waals surface area contributed by atoms with Gasteiger partial charge in [-0.15, -0.1) is 0 Å². The van der Waals surface area contributed by atoms with Gasteiger partial charge < -0.3 is 4.90 Å². The summed E-state index contributed by atoms with van der Waals surface area (Å²) in [7, 11) is 0. The molecule has 4 rings (SSSR count). The lowest BCUT2D eigenvalue weighted by atomic mass is 10.1. The molecule has 2 aromatic heterocycles. The number of fused-ring (bicyclic) bond motifs is 1. The maximum atomic E-state index is 12.8. The van der Waals surface area contributed by atoms with Crippen LogP contribution in [0, 0.1) is 6.92 Å². The van der Waals surface area contributed by atoms with Crippen LogP contribution in [0.2, 0.25) is 0 Å². The average molecular weight is 319 g/mol. The van der Waals surface area contributed by atoms with E-state index in [2.05, 4.69) is 17.1 Å². The highest BCUT2D eigenvalue weighted by molar-refractivity contribution is 5.94. The van der Waals surface area contributed by atoms with Crippen molar-refractivity contribution < 1.29 is 4.79 Å². The summed E-state index contributed by atoms with van der Waals surface area (Å²) in [6.07, 6.45) is 5.37. The molecule has 0 saturated carbocycles. The summed E-state index contributed by atoms with van der Waals surface area (Å²) in [6, 6.07) is 14.1. The van der Waals surface area contributed by atoms with Crippen LogP contribution < -0.4 is 0 Å². The summed E-state index contributed by atoms with van der Waals surface area (Å²) in [5.74, 6) is 0.127. The minimum absolute atomic E-state index is 0.127. The predicted octanol–water partition coefficient (Wildman–Crippen LogP) is 3.94. The second-order valence-electron chi connectivity index (χ2n) is 6.41. The molecule has 1 aliphatic heterocycles. The zero-order valence-electron chi connectivity index (χ0n) is 13.9. The zero-order valence-corrected chi connectivity index (χ0v) is 13.9. The number of likely N-dealkylation sites (tertiary alicyclic amines) is 1. The highest BCUT2D eigenvalue weighted by atomic mass is 16.2. The van der Waals surface area contributed by atoms with Gasteiger partial charge in [0, 0.05) is 24.8 Å². The van der Waals surface area contributed by atoms with Gasteiger partial charge in [0.2, 0.25) is 0 Å². The number of imidazole rings is 1. The number of pyridine rings is 1. The molecule has 24 heavy (non-hydrogen) atoms. The van der Waals surface area contributed by atoms with Gasteiger partial charge in [-0.1, -0.05) is 30.3 Å². The summed E-state index contributed by atoms with van der Waals surface area (Å²) >= 11 is 0. The monoisotopic (exact) mass is 319 g/mol. The van der Waals surface area contributed by atoms with Gasteiger partial charge in [0.25, 0.3) is 5.91 Å². The first-order chi connectivity index (χ1) is 11.7. The Kier molecular flexibility index (Phi) is 3.81. The molecule has 4 nitrogen and oxygen atoms in total. The van der Waals surface area contributed by atoms with Crippen molar-refractivity contribution in [2.45, 2.75) is 26.2 Å². The highest BCUT2D eigenvalue weighted by Crippen LogP contribution is 2.25. The van der Waals surface area contributed by atoms with Crippen LogP contribution in [0.5, 0.6) is 0 Å². The van der Waals surface area contributed by atoms with Gasteiger partial charge in [-0.2, -0.15) is 0 Å². The second kappa shape index (κ2) is 6.11. The van der Waals surface area contributed by atoms with E-state index in [0.29, 0.717) is 0 Å². The molecule has 122 valence electrons. The first-order valence-electron chi connectivity index (χ1n) is 8.57. The lowest BCUT2D eigenvalue weighted by Gasteiger charge is -2.26. The SMILES string of the molecule is Cc1nc2ccc(C(=O)N3CCCCC3)cn2c1-c1ccccc1. The number of nitrogens with zero attached hydrogens (tertiary/aromatic N) is 3. The largest absolute Gasteiger partial charge is 0.339 e. The molecule has 1 aromatic carbocycles. The molecule has 1 fully saturated rings. The normalized spacial score (nSPS) is 15.0. The summed E-state index contributed by atoms with van der Waals surface area (Å²) in [6.45, 7) is 3.75. The van der Waals surface area contributed by atoms with Gasteiger partial charge in [-0.25, -0.2) is 4.98 Å². The Hall–Kier alpha value is -2.62. The number of benzene rings is 1. The third-order valence-corrected chi connectivity index (χ3v) is 4.73. The standard InChI is InChI=1S/C20H21N3O/c1-15-19(16-8-4-2-5-9-16)23-14-17(10-11-18(23)21-15)20(24)22-12-6-3-7-13-22/h2,4-5,8-11,14H,3,6-7,12-13H2,1H3. The summed E-state index contributed by atoms with van der Waals surface area (Å²) in [5, 5.41) is 0. The quantitative estimate of drug-likeness (QED) is 0.717. The van der Waals surface area contributed by atoms with E-state index in [4.69, 9.17) is 0 Å². The molecule has 0 aliphatic carbocycles.